The summed E-state index contributed by atoms with van der Waals surface area (Å²) in [6.07, 6.45) is 15.0. The molecule has 0 spiro atoms. The van der Waals surface area contributed by atoms with Crippen molar-refractivity contribution < 1.29 is 32.9 Å². The first-order valence-electron chi connectivity index (χ1n) is 13.1. The first-order valence-corrected chi connectivity index (χ1v) is 14.6. The van der Waals surface area contributed by atoms with Crippen molar-refractivity contribution in [3.63, 3.8) is 0 Å². The van der Waals surface area contributed by atoms with E-state index in [4.69, 9.17) is 9.05 Å². The summed E-state index contributed by atoms with van der Waals surface area (Å²) in [4.78, 5) is 22.4. The normalized spacial score (nSPS) is 15.9. The van der Waals surface area contributed by atoms with E-state index in [0.717, 1.165) is 32.1 Å². The number of amides is 1. The third kappa shape index (κ3) is 20.6. The Hall–Kier alpha value is -0.760. The molecule has 0 saturated carbocycles. The highest BCUT2D eigenvalue weighted by Gasteiger charge is 2.27. The Kier molecular flexibility index (Phi) is 19.0. The number of aliphatic hydroxyl groups excluding tert-OH is 1. The lowest BCUT2D eigenvalue weighted by Gasteiger charge is -2.25. The van der Waals surface area contributed by atoms with Gasteiger partial charge in [0.15, 0.2) is 0 Å². The van der Waals surface area contributed by atoms with E-state index in [-0.39, 0.29) is 19.1 Å². The van der Waals surface area contributed by atoms with Gasteiger partial charge in [0, 0.05) is 6.42 Å². The van der Waals surface area contributed by atoms with Crippen molar-refractivity contribution in [2.45, 2.75) is 103 Å². The molecule has 0 fully saturated rings. The standard InChI is InChI=1S/C25H51N2O6P/c1-6-8-10-11-12-13-14-15-17-19-25(29)26-23(24(28)18-16-9-7-2)22-33-34(30,31)32-21-20-27(3,4)5/h16,18,23-24,28H,6-15,17,19-22H2,1-5H3,(H-,26,29,30,31)/p+1/b18-16+. The molecular weight excluding hydrogens is 455 g/mol. The van der Waals surface area contributed by atoms with Crippen LogP contribution in [-0.2, 0) is 18.4 Å². The second kappa shape index (κ2) is 19.4. The van der Waals surface area contributed by atoms with Crippen LogP contribution in [0.15, 0.2) is 12.2 Å². The average Bonchev–Trinajstić information content (AvgIpc) is 2.74. The Morgan fingerprint density at radius 1 is 0.971 bits per heavy atom. The van der Waals surface area contributed by atoms with Crippen molar-refractivity contribution in [3.05, 3.63) is 12.2 Å². The number of allylic oxidation sites excluding steroid dienone is 1. The smallest absolute Gasteiger partial charge is 0.387 e. The van der Waals surface area contributed by atoms with Gasteiger partial charge in [-0.1, -0.05) is 83.8 Å². The molecular formula is C25H52N2O6P+. The van der Waals surface area contributed by atoms with Gasteiger partial charge in [0.05, 0.1) is 39.9 Å². The first kappa shape index (κ1) is 33.2. The molecule has 0 rings (SSSR count). The molecule has 0 saturated heterocycles. The van der Waals surface area contributed by atoms with Crippen molar-refractivity contribution in [1.82, 2.24) is 5.32 Å². The molecule has 0 heterocycles. The topological polar surface area (TPSA) is 105 Å². The average molecular weight is 508 g/mol. The van der Waals surface area contributed by atoms with E-state index in [1.165, 1.54) is 38.5 Å². The fraction of sp³-hybridized carbons (Fsp3) is 0.880. The maximum atomic E-state index is 12.4. The van der Waals surface area contributed by atoms with Crippen molar-refractivity contribution >= 4 is 13.7 Å². The molecule has 34 heavy (non-hydrogen) atoms. The number of phosphoric ester groups is 1. The SMILES string of the molecule is CCC/C=C/C(O)C(COP(=O)(O)OCC[N+](C)(C)C)NC(=O)CCCCCCCCCCC. The highest BCUT2D eigenvalue weighted by molar-refractivity contribution is 7.47. The van der Waals surface area contributed by atoms with Gasteiger partial charge in [0.25, 0.3) is 0 Å². The van der Waals surface area contributed by atoms with Gasteiger partial charge in [-0.2, -0.15) is 0 Å². The van der Waals surface area contributed by atoms with Crippen LogP contribution < -0.4 is 5.32 Å². The third-order valence-corrected chi connectivity index (χ3v) is 6.47. The maximum absolute atomic E-state index is 12.4. The molecule has 8 nitrogen and oxygen atoms in total. The largest absolute Gasteiger partial charge is 0.472 e. The summed E-state index contributed by atoms with van der Waals surface area (Å²) in [7, 11) is 1.56. The van der Waals surface area contributed by atoms with Crippen LogP contribution in [0.1, 0.15) is 90.9 Å². The van der Waals surface area contributed by atoms with Crippen molar-refractivity contribution in [1.29, 1.82) is 0 Å². The molecule has 0 aromatic heterocycles. The first-order chi connectivity index (χ1) is 16.0. The van der Waals surface area contributed by atoms with Gasteiger partial charge < -0.3 is 19.8 Å². The van der Waals surface area contributed by atoms with Gasteiger partial charge in [-0.05, 0) is 12.8 Å². The van der Waals surface area contributed by atoms with Gasteiger partial charge in [-0.3, -0.25) is 13.8 Å². The maximum Gasteiger partial charge on any atom is 0.472 e. The number of quaternary nitrogens is 1. The van der Waals surface area contributed by atoms with Gasteiger partial charge in [-0.25, -0.2) is 4.57 Å². The summed E-state index contributed by atoms with van der Waals surface area (Å²) in [5.74, 6) is -0.196. The van der Waals surface area contributed by atoms with Crippen LogP contribution in [0.2, 0.25) is 0 Å². The number of carbonyl (C=O) groups excluding carboxylic acids is 1. The second-order valence-corrected chi connectivity index (χ2v) is 11.5. The molecule has 0 bridgehead atoms. The lowest BCUT2D eigenvalue weighted by Crippen LogP contribution is -2.45. The summed E-state index contributed by atoms with van der Waals surface area (Å²) < 4.78 is 22.9. The van der Waals surface area contributed by atoms with Gasteiger partial charge in [0.2, 0.25) is 5.91 Å². The number of unbranched alkanes of at least 4 members (excludes halogenated alkanes) is 9. The zero-order chi connectivity index (χ0) is 25.9. The number of likely N-dealkylation sites (N-methyl/N-ethyl adjacent to an activating group) is 1. The lowest BCUT2D eigenvalue weighted by atomic mass is 10.1. The Morgan fingerprint density at radius 3 is 2.12 bits per heavy atom. The monoisotopic (exact) mass is 507 g/mol. The number of phosphoric acid groups is 1. The van der Waals surface area contributed by atoms with E-state index in [2.05, 4.69) is 12.2 Å². The summed E-state index contributed by atoms with van der Waals surface area (Å²) in [5.41, 5.74) is 0. The molecule has 9 heteroatoms. The van der Waals surface area contributed by atoms with E-state index in [1.807, 2.05) is 34.1 Å². The molecule has 0 aliphatic heterocycles. The Morgan fingerprint density at radius 2 is 1.56 bits per heavy atom. The fourth-order valence-corrected chi connectivity index (χ4v) is 4.01. The van der Waals surface area contributed by atoms with Crippen molar-refractivity contribution in [2.75, 3.05) is 40.9 Å². The zero-order valence-corrected chi connectivity index (χ0v) is 23.2. The minimum Gasteiger partial charge on any atom is -0.387 e. The van der Waals surface area contributed by atoms with E-state index in [9.17, 15) is 19.4 Å². The molecule has 1 amide bonds. The van der Waals surface area contributed by atoms with E-state index >= 15 is 0 Å². The van der Waals surface area contributed by atoms with Crippen molar-refractivity contribution in [3.8, 4) is 0 Å². The highest BCUT2D eigenvalue weighted by atomic mass is 31.2. The zero-order valence-electron chi connectivity index (χ0n) is 22.3. The predicted octanol–water partition coefficient (Wildman–Crippen LogP) is 4.95. The van der Waals surface area contributed by atoms with Crippen LogP contribution in [0.4, 0.5) is 0 Å². The van der Waals surface area contributed by atoms with Gasteiger partial charge in [-0.15, -0.1) is 0 Å². The molecule has 0 aliphatic carbocycles. The lowest BCUT2D eigenvalue weighted by molar-refractivity contribution is -0.870. The number of nitrogens with zero attached hydrogens (tertiary/aromatic N) is 1. The van der Waals surface area contributed by atoms with Gasteiger partial charge in [0.1, 0.15) is 13.2 Å². The predicted molar refractivity (Wildman–Crippen MR) is 138 cm³/mol. The van der Waals surface area contributed by atoms with E-state index < -0.39 is 20.0 Å². The van der Waals surface area contributed by atoms with Crippen LogP contribution in [0, 0.1) is 0 Å². The molecule has 0 radical (unpaired) electrons. The number of aliphatic hydroxyl groups is 1. The number of carbonyl (C=O) groups is 1. The molecule has 202 valence electrons. The minimum atomic E-state index is -4.29. The Labute approximate surface area is 208 Å². The number of hydrogen-bond acceptors (Lipinski definition) is 5. The summed E-state index contributed by atoms with van der Waals surface area (Å²) in [6, 6.07) is -0.832. The summed E-state index contributed by atoms with van der Waals surface area (Å²) in [6.45, 7) is 4.52. The molecule has 0 aromatic carbocycles. The second-order valence-electron chi connectivity index (χ2n) is 10.1. The van der Waals surface area contributed by atoms with Crippen LogP contribution in [0.25, 0.3) is 0 Å². The summed E-state index contributed by atoms with van der Waals surface area (Å²) in [5, 5.41) is 13.3. The van der Waals surface area contributed by atoms with E-state index in [1.54, 1.807) is 6.08 Å². The third-order valence-electron chi connectivity index (χ3n) is 5.49. The number of nitrogens with one attached hydrogen (secondary N) is 1. The Balaban J connectivity index is 4.53. The highest BCUT2D eigenvalue weighted by Crippen LogP contribution is 2.43. The number of hydrogen-bond donors (Lipinski definition) is 3. The van der Waals surface area contributed by atoms with Crippen LogP contribution in [-0.4, -0.2) is 73.4 Å². The Bertz CT molecular complexity index is 594. The summed E-state index contributed by atoms with van der Waals surface area (Å²) >= 11 is 0. The fourth-order valence-electron chi connectivity index (χ4n) is 3.28. The van der Waals surface area contributed by atoms with E-state index in [0.29, 0.717) is 17.4 Å². The van der Waals surface area contributed by atoms with Crippen LogP contribution in [0.3, 0.4) is 0 Å². The quantitative estimate of drug-likeness (QED) is 0.0829. The van der Waals surface area contributed by atoms with Crippen molar-refractivity contribution in [2.24, 2.45) is 0 Å². The molecule has 0 aromatic rings. The van der Waals surface area contributed by atoms with Crippen LogP contribution in [0.5, 0.6) is 0 Å². The molecule has 3 atom stereocenters. The minimum absolute atomic E-state index is 0.0614. The van der Waals surface area contributed by atoms with Crippen LogP contribution >= 0.6 is 7.82 Å². The number of rotatable bonds is 22. The van der Waals surface area contributed by atoms with Gasteiger partial charge >= 0.3 is 7.82 Å². The molecule has 3 unspecified atom stereocenters. The molecule has 3 N–H and O–H groups in total. The molecule has 0 aliphatic rings.